The molecule has 1 aromatic heterocycles. The van der Waals surface area contributed by atoms with Gasteiger partial charge in [0.2, 0.25) is 0 Å². The van der Waals surface area contributed by atoms with Gasteiger partial charge < -0.3 is 5.32 Å². The minimum atomic E-state index is -0.446. The van der Waals surface area contributed by atoms with Gasteiger partial charge in [-0.15, -0.1) is 5.10 Å². The maximum absolute atomic E-state index is 12.0. The predicted octanol–water partition coefficient (Wildman–Crippen LogP) is 1.75. The van der Waals surface area contributed by atoms with Crippen LogP contribution in [-0.4, -0.2) is 37.9 Å². The van der Waals surface area contributed by atoms with Crippen molar-refractivity contribution in [3.63, 3.8) is 0 Å². The summed E-state index contributed by atoms with van der Waals surface area (Å²) in [7, 11) is 0. The van der Waals surface area contributed by atoms with Crippen LogP contribution in [0.3, 0.4) is 0 Å². The van der Waals surface area contributed by atoms with Crippen LogP contribution in [0.15, 0.2) is 30.5 Å². The summed E-state index contributed by atoms with van der Waals surface area (Å²) in [6, 6.07) is 6.28. The second kappa shape index (κ2) is 5.76. The van der Waals surface area contributed by atoms with Gasteiger partial charge >= 0.3 is 6.03 Å². The third-order valence-corrected chi connectivity index (χ3v) is 3.72. The van der Waals surface area contributed by atoms with E-state index in [1.807, 2.05) is 19.1 Å². The molecule has 1 aliphatic rings. The van der Waals surface area contributed by atoms with Crippen LogP contribution < -0.4 is 5.32 Å². The van der Waals surface area contributed by atoms with Gasteiger partial charge in [-0.05, 0) is 30.7 Å². The van der Waals surface area contributed by atoms with E-state index in [1.165, 1.54) is 0 Å². The van der Waals surface area contributed by atoms with Crippen LogP contribution in [0.5, 0.6) is 0 Å². The summed E-state index contributed by atoms with van der Waals surface area (Å²) in [5.74, 6) is -0.228. The number of amides is 3. The van der Waals surface area contributed by atoms with Crippen molar-refractivity contribution in [3.05, 3.63) is 41.2 Å². The van der Waals surface area contributed by atoms with Crippen LogP contribution >= 0.6 is 11.6 Å². The van der Waals surface area contributed by atoms with E-state index in [-0.39, 0.29) is 12.5 Å². The van der Waals surface area contributed by atoms with E-state index in [1.54, 1.807) is 23.0 Å². The van der Waals surface area contributed by atoms with Crippen LogP contribution in [0.2, 0.25) is 5.02 Å². The number of carbonyl (C=O) groups is 2. The van der Waals surface area contributed by atoms with Crippen molar-refractivity contribution in [2.45, 2.75) is 25.9 Å². The minimum Gasteiger partial charge on any atom is -0.326 e. The highest BCUT2D eigenvalue weighted by atomic mass is 35.5. The smallest absolute Gasteiger partial charge is 0.325 e. The Morgan fingerprint density at radius 1 is 1.27 bits per heavy atom. The summed E-state index contributed by atoms with van der Waals surface area (Å²) in [6.45, 7) is 1.96. The van der Waals surface area contributed by atoms with Crippen molar-refractivity contribution >= 4 is 23.5 Å². The molecule has 7 nitrogen and oxygen atoms in total. The van der Waals surface area contributed by atoms with Crippen molar-refractivity contribution in [3.8, 4) is 5.69 Å². The number of aromatic nitrogens is 3. The summed E-state index contributed by atoms with van der Waals surface area (Å²) in [5.41, 5.74) is 1.34. The lowest BCUT2D eigenvalue weighted by atomic mass is 10.2. The van der Waals surface area contributed by atoms with Gasteiger partial charge in [0.05, 0.1) is 18.4 Å². The SMILES string of the molecule is CC[C@H]1NC(=O)N(Cc2cn(-c3ccc(Cl)cc3)nn2)C1=O. The number of carbonyl (C=O) groups excluding carboxylic acids is 2. The lowest BCUT2D eigenvalue weighted by Crippen LogP contribution is -2.30. The highest BCUT2D eigenvalue weighted by Gasteiger charge is 2.37. The zero-order valence-corrected chi connectivity index (χ0v) is 12.6. The molecule has 1 fully saturated rings. The summed E-state index contributed by atoms with van der Waals surface area (Å²) >= 11 is 5.84. The fraction of sp³-hybridized carbons (Fsp3) is 0.286. The lowest BCUT2D eigenvalue weighted by molar-refractivity contribution is -0.127. The van der Waals surface area contributed by atoms with Crippen molar-refractivity contribution in [2.75, 3.05) is 0 Å². The Bertz CT molecular complexity index is 712. The van der Waals surface area contributed by atoms with Crippen molar-refractivity contribution < 1.29 is 9.59 Å². The Kier molecular flexibility index (Phi) is 3.81. The van der Waals surface area contributed by atoms with E-state index < -0.39 is 12.1 Å². The standard InChI is InChI=1S/C14H14ClN5O2/c1-2-12-13(21)19(14(22)16-12)7-10-8-20(18-17-10)11-5-3-9(15)4-6-11/h3-6,8,12H,2,7H2,1H3,(H,16,22)/t12-/m1/s1. The van der Waals surface area contributed by atoms with E-state index in [2.05, 4.69) is 15.6 Å². The summed E-state index contributed by atoms with van der Waals surface area (Å²) in [5, 5.41) is 11.3. The average molecular weight is 320 g/mol. The second-order valence-electron chi connectivity index (χ2n) is 4.97. The van der Waals surface area contributed by atoms with E-state index >= 15 is 0 Å². The normalized spacial score (nSPS) is 17.9. The monoisotopic (exact) mass is 319 g/mol. The van der Waals surface area contributed by atoms with Gasteiger partial charge in [0.15, 0.2) is 0 Å². The summed E-state index contributed by atoms with van der Waals surface area (Å²) < 4.78 is 1.57. The quantitative estimate of drug-likeness (QED) is 0.871. The largest absolute Gasteiger partial charge is 0.326 e. The first-order chi connectivity index (χ1) is 10.6. The van der Waals surface area contributed by atoms with Crippen LogP contribution in [0.25, 0.3) is 5.69 Å². The molecule has 1 atom stereocenters. The Balaban J connectivity index is 1.76. The van der Waals surface area contributed by atoms with E-state index in [9.17, 15) is 9.59 Å². The fourth-order valence-corrected chi connectivity index (χ4v) is 2.38. The van der Waals surface area contributed by atoms with Crippen molar-refractivity contribution in [2.24, 2.45) is 0 Å². The molecule has 1 aliphatic heterocycles. The van der Waals surface area contributed by atoms with E-state index in [0.29, 0.717) is 17.1 Å². The summed E-state index contributed by atoms with van der Waals surface area (Å²) in [4.78, 5) is 25.0. The Labute approximate surface area is 131 Å². The van der Waals surface area contributed by atoms with E-state index in [0.717, 1.165) is 10.6 Å². The minimum absolute atomic E-state index is 0.106. The van der Waals surface area contributed by atoms with Gasteiger partial charge in [-0.1, -0.05) is 23.7 Å². The van der Waals surface area contributed by atoms with Crippen molar-refractivity contribution in [1.82, 2.24) is 25.2 Å². The topological polar surface area (TPSA) is 80.1 Å². The lowest BCUT2D eigenvalue weighted by Gasteiger charge is -2.10. The Morgan fingerprint density at radius 2 is 2.00 bits per heavy atom. The molecule has 0 aliphatic carbocycles. The third-order valence-electron chi connectivity index (χ3n) is 3.47. The predicted molar refractivity (Wildman–Crippen MR) is 79.5 cm³/mol. The van der Waals surface area contributed by atoms with Gasteiger partial charge in [0, 0.05) is 5.02 Å². The molecule has 2 heterocycles. The molecule has 0 bridgehead atoms. The van der Waals surface area contributed by atoms with Crippen molar-refractivity contribution in [1.29, 1.82) is 0 Å². The molecule has 1 N–H and O–H groups in total. The zero-order valence-electron chi connectivity index (χ0n) is 11.9. The van der Waals surface area contributed by atoms with Gasteiger partial charge in [-0.3, -0.25) is 9.69 Å². The molecule has 1 saturated heterocycles. The molecule has 8 heteroatoms. The van der Waals surface area contributed by atoms with Gasteiger partial charge in [0.25, 0.3) is 5.91 Å². The molecule has 22 heavy (non-hydrogen) atoms. The number of rotatable bonds is 4. The number of nitrogens with zero attached hydrogens (tertiary/aromatic N) is 4. The molecule has 2 aromatic rings. The molecule has 0 saturated carbocycles. The third kappa shape index (κ3) is 2.67. The molecular formula is C14H14ClN5O2. The van der Waals surface area contributed by atoms with Crippen LogP contribution in [0.4, 0.5) is 4.79 Å². The van der Waals surface area contributed by atoms with Gasteiger partial charge in [-0.2, -0.15) is 0 Å². The molecular weight excluding hydrogens is 306 g/mol. The van der Waals surface area contributed by atoms with Crippen LogP contribution in [0, 0.1) is 0 Å². The molecule has 0 radical (unpaired) electrons. The van der Waals surface area contributed by atoms with Crippen LogP contribution in [0.1, 0.15) is 19.0 Å². The maximum atomic E-state index is 12.0. The summed E-state index contributed by atoms with van der Waals surface area (Å²) in [6.07, 6.45) is 2.25. The highest BCUT2D eigenvalue weighted by molar-refractivity contribution is 6.30. The zero-order chi connectivity index (χ0) is 15.7. The molecule has 3 rings (SSSR count). The number of urea groups is 1. The highest BCUT2D eigenvalue weighted by Crippen LogP contribution is 2.15. The average Bonchev–Trinajstić information content (AvgIpc) is 3.08. The number of halogens is 1. The molecule has 0 spiro atoms. The molecule has 0 unspecified atom stereocenters. The number of hydrogen-bond donors (Lipinski definition) is 1. The van der Waals surface area contributed by atoms with E-state index in [4.69, 9.17) is 11.6 Å². The fourth-order valence-electron chi connectivity index (χ4n) is 2.26. The molecule has 3 amide bonds. The number of imide groups is 1. The first-order valence-corrected chi connectivity index (χ1v) is 7.25. The Hall–Kier alpha value is -2.41. The first-order valence-electron chi connectivity index (χ1n) is 6.87. The first kappa shape index (κ1) is 14.5. The van der Waals surface area contributed by atoms with Gasteiger partial charge in [0.1, 0.15) is 11.7 Å². The van der Waals surface area contributed by atoms with Gasteiger partial charge in [-0.25, -0.2) is 9.48 Å². The number of nitrogens with one attached hydrogen (secondary N) is 1. The maximum Gasteiger partial charge on any atom is 0.325 e. The second-order valence-corrected chi connectivity index (χ2v) is 5.40. The Morgan fingerprint density at radius 3 is 2.64 bits per heavy atom. The molecule has 114 valence electrons. The number of benzene rings is 1. The molecule has 1 aromatic carbocycles. The number of hydrogen-bond acceptors (Lipinski definition) is 4. The van der Waals surface area contributed by atoms with Crippen LogP contribution in [-0.2, 0) is 11.3 Å².